The molecule has 5 heteroatoms. The first-order valence-corrected chi connectivity index (χ1v) is 5.68. The normalized spacial score (nSPS) is 10.3. The number of pyridine rings is 1. The van der Waals surface area contributed by atoms with Gasteiger partial charge >= 0.3 is 0 Å². The highest BCUT2D eigenvalue weighted by atomic mass is 16.1. The molecule has 0 unspecified atom stereocenters. The van der Waals surface area contributed by atoms with Crippen molar-refractivity contribution in [2.45, 2.75) is 20.0 Å². The van der Waals surface area contributed by atoms with Crippen molar-refractivity contribution in [1.29, 1.82) is 0 Å². The van der Waals surface area contributed by atoms with Gasteiger partial charge in [0.1, 0.15) is 5.82 Å². The SMILES string of the molecule is CC(=O)c1ccc(CNCc2ncccn2)nc1. The molecule has 0 atom stereocenters. The maximum Gasteiger partial charge on any atom is 0.161 e. The van der Waals surface area contributed by atoms with Crippen LogP contribution in [0.25, 0.3) is 0 Å². The van der Waals surface area contributed by atoms with Crippen LogP contribution >= 0.6 is 0 Å². The van der Waals surface area contributed by atoms with E-state index in [1.807, 2.05) is 6.07 Å². The van der Waals surface area contributed by atoms with E-state index < -0.39 is 0 Å². The summed E-state index contributed by atoms with van der Waals surface area (Å²) >= 11 is 0. The van der Waals surface area contributed by atoms with Crippen molar-refractivity contribution in [3.05, 3.63) is 53.9 Å². The molecule has 2 rings (SSSR count). The van der Waals surface area contributed by atoms with Crippen LogP contribution in [0.15, 0.2) is 36.8 Å². The van der Waals surface area contributed by atoms with E-state index in [4.69, 9.17) is 0 Å². The molecular weight excluding hydrogens is 228 g/mol. The molecule has 0 amide bonds. The van der Waals surface area contributed by atoms with E-state index in [2.05, 4.69) is 20.3 Å². The highest BCUT2D eigenvalue weighted by molar-refractivity contribution is 5.93. The van der Waals surface area contributed by atoms with Gasteiger partial charge < -0.3 is 5.32 Å². The number of carbonyl (C=O) groups is 1. The van der Waals surface area contributed by atoms with Gasteiger partial charge in [-0.1, -0.05) is 0 Å². The zero-order valence-corrected chi connectivity index (χ0v) is 10.1. The van der Waals surface area contributed by atoms with Crippen molar-refractivity contribution in [1.82, 2.24) is 20.3 Å². The summed E-state index contributed by atoms with van der Waals surface area (Å²) in [7, 11) is 0. The Kier molecular flexibility index (Phi) is 4.09. The standard InChI is InChI=1S/C13H14N4O/c1-10(18)11-3-4-12(17-7-11)8-14-9-13-15-5-2-6-16-13/h2-7,14H,8-9H2,1H3. The van der Waals surface area contributed by atoms with Crippen LogP contribution in [0.4, 0.5) is 0 Å². The molecule has 0 aliphatic rings. The quantitative estimate of drug-likeness (QED) is 0.802. The number of aromatic nitrogens is 3. The highest BCUT2D eigenvalue weighted by Crippen LogP contribution is 2.01. The average Bonchev–Trinajstić information content (AvgIpc) is 2.40. The fraction of sp³-hybridized carbons (Fsp3) is 0.231. The molecular formula is C13H14N4O. The molecule has 0 fully saturated rings. The monoisotopic (exact) mass is 242 g/mol. The third-order valence-electron chi connectivity index (χ3n) is 2.44. The summed E-state index contributed by atoms with van der Waals surface area (Å²) in [6, 6.07) is 5.41. The second kappa shape index (κ2) is 5.97. The van der Waals surface area contributed by atoms with Gasteiger partial charge in [-0.3, -0.25) is 9.78 Å². The Bertz CT molecular complexity index is 510. The van der Waals surface area contributed by atoms with E-state index in [1.54, 1.807) is 30.7 Å². The number of Topliss-reactive ketones (excluding diaryl/α,β-unsaturated/α-hetero) is 1. The van der Waals surface area contributed by atoms with E-state index in [9.17, 15) is 4.79 Å². The first kappa shape index (κ1) is 12.3. The third kappa shape index (κ3) is 3.43. The van der Waals surface area contributed by atoms with Crippen molar-refractivity contribution in [2.75, 3.05) is 0 Å². The summed E-state index contributed by atoms with van der Waals surface area (Å²) in [6.45, 7) is 2.75. The summed E-state index contributed by atoms with van der Waals surface area (Å²) in [4.78, 5) is 23.5. The van der Waals surface area contributed by atoms with Crippen LogP contribution in [0.3, 0.4) is 0 Å². The van der Waals surface area contributed by atoms with Crippen LogP contribution in [0, 0.1) is 0 Å². The number of hydrogen-bond donors (Lipinski definition) is 1. The van der Waals surface area contributed by atoms with Crippen molar-refractivity contribution < 1.29 is 4.79 Å². The fourth-order valence-corrected chi connectivity index (χ4v) is 1.46. The van der Waals surface area contributed by atoms with E-state index in [0.717, 1.165) is 11.5 Å². The highest BCUT2D eigenvalue weighted by Gasteiger charge is 2.00. The maximum absolute atomic E-state index is 11.1. The molecule has 0 bridgehead atoms. The Labute approximate surface area is 105 Å². The Hall–Kier alpha value is -2.14. The summed E-state index contributed by atoms with van der Waals surface area (Å²) in [5, 5.41) is 3.19. The number of hydrogen-bond acceptors (Lipinski definition) is 5. The first-order valence-electron chi connectivity index (χ1n) is 5.68. The largest absolute Gasteiger partial charge is 0.304 e. The minimum Gasteiger partial charge on any atom is -0.304 e. The number of carbonyl (C=O) groups excluding carboxylic acids is 1. The maximum atomic E-state index is 11.1. The summed E-state index contributed by atoms with van der Waals surface area (Å²) < 4.78 is 0. The van der Waals surface area contributed by atoms with Gasteiger partial charge in [0.25, 0.3) is 0 Å². The molecule has 5 nitrogen and oxygen atoms in total. The van der Waals surface area contributed by atoms with E-state index in [1.165, 1.54) is 6.92 Å². The van der Waals surface area contributed by atoms with E-state index >= 15 is 0 Å². The van der Waals surface area contributed by atoms with Crippen molar-refractivity contribution in [2.24, 2.45) is 0 Å². The van der Waals surface area contributed by atoms with E-state index in [-0.39, 0.29) is 5.78 Å². The van der Waals surface area contributed by atoms with Crippen LogP contribution in [-0.2, 0) is 13.1 Å². The van der Waals surface area contributed by atoms with Crippen molar-refractivity contribution in [3.8, 4) is 0 Å². The Balaban J connectivity index is 1.85. The van der Waals surface area contributed by atoms with E-state index in [0.29, 0.717) is 18.7 Å². The summed E-state index contributed by atoms with van der Waals surface area (Å²) in [5.41, 5.74) is 1.51. The predicted octanol–water partition coefficient (Wildman–Crippen LogP) is 1.36. The molecule has 0 spiro atoms. The number of nitrogens with zero attached hydrogens (tertiary/aromatic N) is 3. The molecule has 1 N–H and O–H groups in total. The van der Waals surface area contributed by atoms with Gasteiger partial charge in [-0.05, 0) is 25.1 Å². The minimum atomic E-state index is 0.0275. The summed E-state index contributed by atoms with van der Waals surface area (Å²) in [6.07, 6.45) is 5.02. The molecule has 0 saturated heterocycles. The Morgan fingerprint density at radius 2 is 1.94 bits per heavy atom. The Morgan fingerprint density at radius 1 is 1.17 bits per heavy atom. The number of nitrogens with one attached hydrogen (secondary N) is 1. The van der Waals surface area contributed by atoms with Gasteiger partial charge in [0.2, 0.25) is 0 Å². The summed E-state index contributed by atoms with van der Waals surface area (Å²) in [5.74, 6) is 0.776. The molecule has 0 aliphatic heterocycles. The minimum absolute atomic E-state index is 0.0275. The molecule has 2 aromatic rings. The zero-order valence-electron chi connectivity index (χ0n) is 10.1. The molecule has 2 heterocycles. The smallest absolute Gasteiger partial charge is 0.161 e. The average molecular weight is 242 g/mol. The van der Waals surface area contributed by atoms with Gasteiger partial charge in [-0.15, -0.1) is 0 Å². The van der Waals surface area contributed by atoms with Gasteiger partial charge in [0, 0.05) is 30.7 Å². The van der Waals surface area contributed by atoms with Crippen molar-refractivity contribution in [3.63, 3.8) is 0 Å². The molecule has 0 aliphatic carbocycles. The topological polar surface area (TPSA) is 67.8 Å². The lowest BCUT2D eigenvalue weighted by atomic mass is 10.2. The van der Waals surface area contributed by atoms with Gasteiger partial charge in [0.05, 0.1) is 12.2 Å². The third-order valence-corrected chi connectivity index (χ3v) is 2.44. The van der Waals surface area contributed by atoms with Crippen LogP contribution < -0.4 is 5.32 Å². The number of ketones is 1. The molecule has 2 aromatic heterocycles. The Morgan fingerprint density at radius 3 is 2.56 bits per heavy atom. The number of rotatable bonds is 5. The van der Waals surface area contributed by atoms with Gasteiger partial charge in [0.15, 0.2) is 5.78 Å². The second-order valence-electron chi connectivity index (χ2n) is 3.86. The molecule has 18 heavy (non-hydrogen) atoms. The molecule has 0 saturated carbocycles. The molecule has 92 valence electrons. The van der Waals surface area contributed by atoms with Crippen LogP contribution in [-0.4, -0.2) is 20.7 Å². The van der Waals surface area contributed by atoms with Crippen LogP contribution in [0.2, 0.25) is 0 Å². The lowest BCUT2D eigenvalue weighted by Gasteiger charge is -2.03. The lowest BCUT2D eigenvalue weighted by Crippen LogP contribution is -2.15. The van der Waals surface area contributed by atoms with Crippen LogP contribution in [0.1, 0.15) is 28.8 Å². The van der Waals surface area contributed by atoms with Gasteiger partial charge in [-0.2, -0.15) is 0 Å². The lowest BCUT2D eigenvalue weighted by molar-refractivity contribution is 0.101. The predicted molar refractivity (Wildman–Crippen MR) is 66.8 cm³/mol. The van der Waals surface area contributed by atoms with Crippen LogP contribution in [0.5, 0.6) is 0 Å². The fourth-order valence-electron chi connectivity index (χ4n) is 1.46. The molecule has 0 radical (unpaired) electrons. The van der Waals surface area contributed by atoms with Gasteiger partial charge in [-0.25, -0.2) is 9.97 Å². The second-order valence-corrected chi connectivity index (χ2v) is 3.86. The first-order chi connectivity index (χ1) is 8.75. The van der Waals surface area contributed by atoms with Crippen molar-refractivity contribution >= 4 is 5.78 Å². The molecule has 0 aromatic carbocycles. The zero-order chi connectivity index (χ0) is 12.8.